The molecular formula is C24H18Cl2N2O2. The number of halogens is 2. The van der Waals surface area contributed by atoms with Gasteiger partial charge in [0.25, 0.3) is 5.91 Å². The summed E-state index contributed by atoms with van der Waals surface area (Å²) in [7, 11) is 0. The molecule has 0 bridgehead atoms. The largest absolute Gasteiger partial charge is 0.488 e. The Morgan fingerprint density at radius 1 is 0.967 bits per heavy atom. The Hall–Kier alpha value is -3.08. The van der Waals surface area contributed by atoms with Crippen LogP contribution in [0.4, 0.5) is 5.69 Å². The van der Waals surface area contributed by atoms with Crippen molar-refractivity contribution in [3.05, 3.63) is 99.7 Å². The van der Waals surface area contributed by atoms with Crippen molar-refractivity contribution in [1.82, 2.24) is 4.98 Å². The van der Waals surface area contributed by atoms with Crippen LogP contribution < -0.4 is 10.1 Å². The lowest BCUT2D eigenvalue weighted by Crippen LogP contribution is -2.13. The lowest BCUT2D eigenvalue weighted by molar-refractivity contribution is 0.102. The molecule has 4 rings (SSSR count). The highest BCUT2D eigenvalue weighted by Crippen LogP contribution is 2.33. The van der Waals surface area contributed by atoms with Gasteiger partial charge in [-0.05, 0) is 36.8 Å². The third-order valence-corrected chi connectivity index (χ3v) is 5.32. The third-order valence-electron chi connectivity index (χ3n) is 4.69. The normalized spacial score (nSPS) is 10.8. The van der Waals surface area contributed by atoms with E-state index < -0.39 is 5.91 Å². The van der Waals surface area contributed by atoms with Crippen molar-refractivity contribution in [3.63, 3.8) is 0 Å². The third kappa shape index (κ3) is 4.11. The summed E-state index contributed by atoms with van der Waals surface area (Å²) in [5, 5.41) is 4.27. The number of nitrogens with one attached hydrogen (secondary N) is 1. The number of rotatable bonds is 5. The average molecular weight is 437 g/mol. The van der Waals surface area contributed by atoms with Crippen LogP contribution in [0.3, 0.4) is 0 Å². The molecule has 1 aromatic heterocycles. The second kappa shape index (κ2) is 8.74. The van der Waals surface area contributed by atoms with Crippen LogP contribution in [0.1, 0.15) is 21.5 Å². The molecular weight excluding hydrogens is 419 g/mol. The topological polar surface area (TPSA) is 51.2 Å². The van der Waals surface area contributed by atoms with Crippen molar-refractivity contribution < 1.29 is 9.53 Å². The molecule has 3 aromatic carbocycles. The van der Waals surface area contributed by atoms with Gasteiger partial charge in [-0.3, -0.25) is 9.78 Å². The Balaban J connectivity index is 1.68. The molecule has 0 fully saturated rings. The fourth-order valence-electron chi connectivity index (χ4n) is 3.22. The van der Waals surface area contributed by atoms with Crippen LogP contribution in [-0.2, 0) is 6.61 Å². The number of ether oxygens (including phenoxy) is 1. The fraction of sp³-hybridized carbons (Fsp3) is 0.0833. The van der Waals surface area contributed by atoms with Gasteiger partial charge in [0.15, 0.2) is 0 Å². The van der Waals surface area contributed by atoms with Crippen molar-refractivity contribution in [1.29, 1.82) is 0 Å². The van der Waals surface area contributed by atoms with Crippen molar-refractivity contribution in [2.75, 3.05) is 5.32 Å². The van der Waals surface area contributed by atoms with Crippen molar-refractivity contribution in [2.24, 2.45) is 0 Å². The number of amides is 1. The molecule has 30 heavy (non-hydrogen) atoms. The molecule has 1 amide bonds. The van der Waals surface area contributed by atoms with E-state index in [2.05, 4.69) is 10.3 Å². The summed E-state index contributed by atoms with van der Waals surface area (Å²) in [5.74, 6) is 0.336. The van der Waals surface area contributed by atoms with Gasteiger partial charge in [-0.15, -0.1) is 0 Å². The summed E-state index contributed by atoms with van der Waals surface area (Å²) in [4.78, 5) is 17.4. The summed E-state index contributed by atoms with van der Waals surface area (Å²) in [5.41, 5.74) is 3.39. The number of aromatic nitrogens is 1. The minimum atomic E-state index is -0.396. The first-order chi connectivity index (χ1) is 14.5. The van der Waals surface area contributed by atoms with Gasteiger partial charge in [-0.2, -0.15) is 0 Å². The number of hydrogen-bond donors (Lipinski definition) is 1. The zero-order valence-corrected chi connectivity index (χ0v) is 17.7. The lowest BCUT2D eigenvalue weighted by Gasteiger charge is -2.15. The minimum Gasteiger partial charge on any atom is -0.488 e. The number of para-hydroxylation sites is 1. The molecule has 0 atom stereocenters. The Labute approximate surface area is 184 Å². The Morgan fingerprint density at radius 3 is 2.40 bits per heavy atom. The van der Waals surface area contributed by atoms with Crippen LogP contribution in [0.5, 0.6) is 5.75 Å². The second-order valence-corrected chi connectivity index (χ2v) is 7.61. The molecule has 6 heteroatoms. The van der Waals surface area contributed by atoms with Crippen molar-refractivity contribution in [3.8, 4) is 5.75 Å². The SMILES string of the molecule is Cc1cnc2c(NC(=O)c3c(Cl)cccc3Cl)cccc2c1OCc1ccccc1. The quantitative estimate of drug-likeness (QED) is 0.379. The number of aryl methyl sites for hydroxylation is 1. The summed E-state index contributed by atoms with van der Waals surface area (Å²) in [6, 6.07) is 20.5. The van der Waals surface area contributed by atoms with Crippen LogP contribution in [0.25, 0.3) is 10.9 Å². The van der Waals surface area contributed by atoms with E-state index in [4.69, 9.17) is 27.9 Å². The van der Waals surface area contributed by atoms with Gasteiger partial charge in [-0.1, -0.05) is 65.7 Å². The Bertz CT molecular complexity index is 1210. The molecule has 1 heterocycles. The Morgan fingerprint density at radius 2 is 1.67 bits per heavy atom. The van der Waals surface area contributed by atoms with Crippen LogP contribution in [-0.4, -0.2) is 10.9 Å². The standard InChI is InChI=1S/C24H18Cl2N2O2/c1-15-13-27-22-17(23(15)30-14-16-7-3-2-4-8-16)9-5-12-20(22)28-24(29)21-18(25)10-6-11-19(21)26/h2-13H,14H2,1H3,(H,28,29). The van der Waals surface area contributed by atoms with E-state index in [1.165, 1.54) is 0 Å². The highest BCUT2D eigenvalue weighted by Gasteiger charge is 2.17. The predicted octanol–water partition coefficient (Wildman–Crippen LogP) is 6.68. The number of nitrogens with zero attached hydrogens (tertiary/aromatic N) is 1. The highest BCUT2D eigenvalue weighted by atomic mass is 35.5. The summed E-state index contributed by atoms with van der Waals surface area (Å²) < 4.78 is 6.12. The molecule has 0 aliphatic rings. The molecule has 1 N–H and O–H groups in total. The van der Waals surface area contributed by atoms with Gasteiger partial charge in [0.1, 0.15) is 12.4 Å². The van der Waals surface area contributed by atoms with E-state index in [-0.39, 0.29) is 15.6 Å². The summed E-state index contributed by atoms with van der Waals surface area (Å²) >= 11 is 12.3. The van der Waals surface area contributed by atoms with Crippen LogP contribution in [0.2, 0.25) is 10.0 Å². The van der Waals surface area contributed by atoms with E-state index >= 15 is 0 Å². The number of pyridine rings is 1. The molecule has 0 aliphatic carbocycles. The van der Waals surface area contributed by atoms with Crippen molar-refractivity contribution >= 4 is 45.7 Å². The molecule has 4 aromatic rings. The zero-order chi connectivity index (χ0) is 21.1. The molecule has 0 saturated carbocycles. The van der Waals surface area contributed by atoms with Crippen molar-refractivity contribution in [2.45, 2.75) is 13.5 Å². The zero-order valence-electron chi connectivity index (χ0n) is 16.2. The average Bonchev–Trinajstić information content (AvgIpc) is 2.74. The van der Waals surface area contributed by atoms with Crippen LogP contribution >= 0.6 is 23.2 Å². The number of anilines is 1. The molecule has 150 valence electrons. The fourth-order valence-corrected chi connectivity index (χ4v) is 3.79. The van der Waals surface area contributed by atoms with Gasteiger partial charge in [0, 0.05) is 17.1 Å². The number of carbonyl (C=O) groups is 1. The molecule has 4 nitrogen and oxygen atoms in total. The van der Waals surface area contributed by atoms with E-state index in [0.717, 1.165) is 22.3 Å². The first kappa shape index (κ1) is 20.2. The Kier molecular flexibility index (Phi) is 5.88. The lowest BCUT2D eigenvalue weighted by atomic mass is 10.1. The van der Waals surface area contributed by atoms with Crippen LogP contribution in [0.15, 0.2) is 72.9 Å². The predicted molar refractivity (Wildman–Crippen MR) is 122 cm³/mol. The van der Waals surface area contributed by atoms with Gasteiger partial charge >= 0.3 is 0 Å². The molecule has 0 saturated heterocycles. The van der Waals surface area contributed by atoms with Gasteiger partial charge in [0.05, 0.1) is 26.8 Å². The molecule has 0 aliphatic heterocycles. The first-order valence-electron chi connectivity index (χ1n) is 9.35. The monoisotopic (exact) mass is 436 g/mol. The number of benzene rings is 3. The van der Waals surface area contributed by atoms with E-state index in [0.29, 0.717) is 17.8 Å². The maximum Gasteiger partial charge on any atom is 0.258 e. The molecule has 0 unspecified atom stereocenters. The number of hydrogen-bond acceptors (Lipinski definition) is 3. The van der Waals surface area contributed by atoms with Gasteiger partial charge in [0.2, 0.25) is 0 Å². The van der Waals surface area contributed by atoms with E-state index in [1.807, 2.05) is 49.4 Å². The second-order valence-electron chi connectivity index (χ2n) is 6.80. The maximum atomic E-state index is 12.8. The highest BCUT2D eigenvalue weighted by molar-refractivity contribution is 6.40. The minimum absolute atomic E-state index is 0.227. The smallest absolute Gasteiger partial charge is 0.258 e. The summed E-state index contributed by atoms with van der Waals surface area (Å²) in [6.45, 7) is 2.38. The maximum absolute atomic E-state index is 12.8. The first-order valence-corrected chi connectivity index (χ1v) is 10.1. The molecule has 0 spiro atoms. The number of carbonyl (C=O) groups excluding carboxylic acids is 1. The van der Waals surface area contributed by atoms with Crippen LogP contribution in [0, 0.1) is 6.92 Å². The van der Waals surface area contributed by atoms with E-state index in [9.17, 15) is 4.79 Å². The van der Waals surface area contributed by atoms with Gasteiger partial charge < -0.3 is 10.1 Å². The number of fused-ring (bicyclic) bond motifs is 1. The molecule has 0 radical (unpaired) electrons. The van der Waals surface area contributed by atoms with Gasteiger partial charge in [-0.25, -0.2) is 0 Å². The van der Waals surface area contributed by atoms with E-state index in [1.54, 1.807) is 30.5 Å². The summed E-state index contributed by atoms with van der Waals surface area (Å²) in [6.07, 6.45) is 1.74.